The second kappa shape index (κ2) is 16.1. The molecule has 1 unspecified atom stereocenters. The van der Waals surface area contributed by atoms with Crippen LogP contribution in [-0.4, -0.2) is 50.6 Å². The summed E-state index contributed by atoms with van der Waals surface area (Å²) in [5.41, 5.74) is 1.84. The van der Waals surface area contributed by atoms with Crippen molar-refractivity contribution in [1.82, 2.24) is 0 Å². The van der Waals surface area contributed by atoms with E-state index in [1.54, 1.807) is 24.3 Å². The van der Waals surface area contributed by atoms with Gasteiger partial charge in [0.1, 0.15) is 22.8 Å². The van der Waals surface area contributed by atoms with Crippen LogP contribution in [0.2, 0.25) is 0 Å². The summed E-state index contributed by atoms with van der Waals surface area (Å²) in [6, 6.07) is 19.5. The average molecular weight is 691 g/mol. The van der Waals surface area contributed by atoms with Gasteiger partial charge in [-0.1, -0.05) is 24.3 Å². The van der Waals surface area contributed by atoms with Crippen molar-refractivity contribution < 1.29 is 44.1 Å². The predicted octanol–water partition coefficient (Wildman–Crippen LogP) is 5.79. The van der Waals surface area contributed by atoms with Crippen molar-refractivity contribution in [3.05, 3.63) is 112 Å². The Morgan fingerprint density at radius 2 is 1.24 bits per heavy atom. The smallest absolute Gasteiger partial charge is 0.339 e. The molecule has 0 bridgehead atoms. The highest BCUT2D eigenvalue weighted by Gasteiger charge is 2.24. The van der Waals surface area contributed by atoms with Crippen molar-refractivity contribution in [1.29, 1.82) is 5.26 Å². The maximum Gasteiger partial charge on any atom is 0.339 e. The van der Waals surface area contributed by atoms with Crippen LogP contribution in [0, 0.1) is 31.1 Å². The maximum absolute atomic E-state index is 13.0. The highest BCUT2D eigenvalue weighted by molar-refractivity contribution is 6.09. The zero-order valence-electron chi connectivity index (χ0n) is 27.9. The monoisotopic (exact) mass is 690 g/mol. The topological polar surface area (TPSA) is 223 Å². The van der Waals surface area contributed by atoms with Gasteiger partial charge in [-0.3, -0.25) is 24.0 Å². The largest absolute Gasteiger partial charge is 0.507 e. The number of nitrogens with zero attached hydrogens (tertiary/aromatic N) is 1. The number of ketones is 2. The number of phenolic OH excluding ortho intramolecular Hbond substituents is 1. The molecule has 51 heavy (non-hydrogen) atoms. The first kappa shape index (κ1) is 37.0. The third kappa shape index (κ3) is 9.01. The first-order valence-electron chi connectivity index (χ1n) is 15.6. The normalized spacial score (nSPS) is 11.1. The van der Waals surface area contributed by atoms with Gasteiger partial charge >= 0.3 is 5.97 Å². The number of hydrogen-bond acceptors (Lipinski definition) is 9. The molecule has 6 N–H and O–H groups in total. The summed E-state index contributed by atoms with van der Waals surface area (Å²) < 4.78 is 0. The molecule has 0 saturated carbocycles. The minimum absolute atomic E-state index is 0.0113. The molecule has 13 heteroatoms. The van der Waals surface area contributed by atoms with Crippen LogP contribution in [0.15, 0.2) is 72.8 Å². The number of carboxylic acids is 1. The van der Waals surface area contributed by atoms with E-state index < -0.39 is 41.1 Å². The predicted molar refractivity (Wildman–Crippen MR) is 187 cm³/mol. The number of amides is 3. The standard InChI is InChI=1S/C38H34N4O9/c1-20(43)18-23-4-6-24(7-5-23)32(44)19-26(16-17-39)36(48)40-27-10-8-25(9-11-27)35(47)41-30-14-12-28(33(45)21(30)2)37(49)42-31-15-13-29(38(50)51)34(46)22(31)3/h4-15,26,45-46H,16,18-19H2,1-3H3,(H,40,48)(H,41,47)(H,42,49)(H,50,51). The van der Waals surface area contributed by atoms with Crippen LogP contribution < -0.4 is 16.0 Å². The second-order valence-corrected chi connectivity index (χ2v) is 11.8. The summed E-state index contributed by atoms with van der Waals surface area (Å²) in [5, 5.41) is 47.3. The number of rotatable bonds is 13. The molecule has 260 valence electrons. The molecule has 13 nitrogen and oxygen atoms in total. The summed E-state index contributed by atoms with van der Waals surface area (Å²) in [6.07, 6.45) is -0.159. The molecule has 0 spiro atoms. The zero-order valence-corrected chi connectivity index (χ0v) is 27.9. The maximum atomic E-state index is 13.0. The number of nitrogens with one attached hydrogen (secondary N) is 3. The summed E-state index contributed by atoms with van der Waals surface area (Å²) in [5.74, 6) is -5.37. The molecule has 0 aromatic heterocycles. The Bertz CT molecular complexity index is 2080. The van der Waals surface area contributed by atoms with Crippen LogP contribution >= 0.6 is 0 Å². The molecule has 4 aromatic carbocycles. The van der Waals surface area contributed by atoms with Crippen LogP contribution in [0.25, 0.3) is 0 Å². The van der Waals surface area contributed by atoms with Crippen LogP contribution in [0.1, 0.15) is 77.9 Å². The van der Waals surface area contributed by atoms with Crippen molar-refractivity contribution in [2.24, 2.45) is 5.92 Å². The van der Waals surface area contributed by atoms with Gasteiger partial charge in [0.05, 0.1) is 17.6 Å². The van der Waals surface area contributed by atoms with E-state index >= 15 is 0 Å². The SMILES string of the molecule is CC(=O)Cc1ccc(C(=O)CC(CC#N)C(=O)Nc2ccc(C(=O)Nc3ccc(C(=O)Nc4ccc(C(=O)O)c(O)c4C)c(O)c3C)cc2)cc1. The minimum atomic E-state index is -1.33. The lowest BCUT2D eigenvalue weighted by molar-refractivity contribution is -0.119. The highest BCUT2D eigenvalue weighted by atomic mass is 16.4. The Kier molecular flexibility index (Phi) is 11.7. The number of aromatic carboxylic acids is 1. The van der Waals surface area contributed by atoms with Gasteiger partial charge < -0.3 is 31.3 Å². The fourth-order valence-electron chi connectivity index (χ4n) is 5.17. The molecule has 0 aliphatic rings. The Hall–Kier alpha value is -6.81. The molecule has 4 aromatic rings. The Balaban J connectivity index is 1.38. The molecule has 4 rings (SSSR count). The summed E-state index contributed by atoms with van der Waals surface area (Å²) >= 11 is 0. The minimum Gasteiger partial charge on any atom is -0.507 e. The van der Waals surface area contributed by atoms with Gasteiger partial charge in [-0.05, 0) is 74.9 Å². The van der Waals surface area contributed by atoms with Crippen molar-refractivity contribution in [3.8, 4) is 17.6 Å². The molecule has 0 fully saturated rings. The van der Waals surface area contributed by atoms with E-state index in [1.165, 1.54) is 63.2 Å². The van der Waals surface area contributed by atoms with E-state index in [0.717, 1.165) is 11.6 Å². The number of carboxylic acid groups (broad SMARTS) is 1. The third-order valence-corrected chi connectivity index (χ3v) is 8.12. The number of carbonyl (C=O) groups is 6. The van der Waals surface area contributed by atoms with Gasteiger partial charge in [0.15, 0.2) is 5.78 Å². The van der Waals surface area contributed by atoms with Crippen molar-refractivity contribution in [2.45, 2.75) is 40.0 Å². The van der Waals surface area contributed by atoms with Crippen LogP contribution in [0.5, 0.6) is 11.5 Å². The molecule has 3 amide bonds. The lowest BCUT2D eigenvalue weighted by Crippen LogP contribution is -2.25. The van der Waals surface area contributed by atoms with Crippen LogP contribution in [0.3, 0.4) is 0 Å². The molecular formula is C38H34N4O9. The van der Waals surface area contributed by atoms with E-state index in [1.807, 2.05) is 6.07 Å². The van der Waals surface area contributed by atoms with Crippen molar-refractivity contribution in [2.75, 3.05) is 16.0 Å². The van der Waals surface area contributed by atoms with Gasteiger partial charge in [-0.2, -0.15) is 5.26 Å². The van der Waals surface area contributed by atoms with E-state index in [9.17, 15) is 49.3 Å². The number of anilines is 3. The number of hydrogen-bond donors (Lipinski definition) is 6. The van der Waals surface area contributed by atoms with Crippen molar-refractivity contribution in [3.63, 3.8) is 0 Å². The van der Waals surface area contributed by atoms with E-state index in [2.05, 4.69) is 16.0 Å². The number of nitriles is 1. The number of benzene rings is 4. The van der Waals surface area contributed by atoms with Crippen molar-refractivity contribution >= 4 is 52.3 Å². The Morgan fingerprint density at radius 3 is 1.78 bits per heavy atom. The fraction of sp³-hybridized carbons (Fsp3) is 0.184. The lowest BCUT2D eigenvalue weighted by atomic mass is 9.94. The summed E-state index contributed by atoms with van der Waals surface area (Å²) in [6.45, 7) is 4.39. The van der Waals surface area contributed by atoms with E-state index in [0.29, 0.717) is 11.3 Å². The zero-order chi connectivity index (χ0) is 37.4. The number of aromatic hydroxyl groups is 2. The molecule has 0 radical (unpaired) electrons. The third-order valence-electron chi connectivity index (χ3n) is 8.12. The lowest BCUT2D eigenvalue weighted by Gasteiger charge is -2.15. The molecular weight excluding hydrogens is 656 g/mol. The van der Waals surface area contributed by atoms with E-state index in [4.69, 9.17) is 0 Å². The molecule has 0 saturated heterocycles. The van der Waals surface area contributed by atoms with Gasteiger partial charge in [-0.15, -0.1) is 0 Å². The number of phenols is 2. The van der Waals surface area contributed by atoms with Gasteiger partial charge in [0.2, 0.25) is 5.91 Å². The summed E-state index contributed by atoms with van der Waals surface area (Å²) in [7, 11) is 0. The number of carbonyl (C=O) groups excluding carboxylic acids is 5. The van der Waals surface area contributed by atoms with Crippen LogP contribution in [0.4, 0.5) is 17.1 Å². The number of Topliss-reactive ketones (excluding diaryl/α,β-unsaturated/α-hetero) is 2. The second-order valence-electron chi connectivity index (χ2n) is 11.8. The fourth-order valence-corrected chi connectivity index (χ4v) is 5.17. The first-order chi connectivity index (χ1) is 24.2. The molecule has 0 heterocycles. The van der Waals surface area contributed by atoms with Gasteiger partial charge in [0.25, 0.3) is 11.8 Å². The van der Waals surface area contributed by atoms with Gasteiger partial charge in [-0.25, -0.2) is 4.79 Å². The van der Waals surface area contributed by atoms with Gasteiger partial charge in [0, 0.05) is 58.6 Å². The Labute approximate surface area is 292 Å². The quantitative estimate of drug-likeness (QED) is 0.0926. The highest BCUT2D eigenvalue weighted by Crippen LogP contribution is 2.32. The average Bonchev–Trinajstić information content (AvgIpc) is 3.08. The first-order valence-corrected chi connectivity index (χ1v) is 15.6. The summed E-state index contributed by atoms with van der Waals surface area (Å²) in [4.78, 5) is 74.4. The molecule has 1 atom stereocenters. The molecule has 0 aliphatic carbocycles. The molecule has 0 aliphatic heterocycles. The van der Waals surface area contributed by atoms with Crippen LogP contribution in [-0.2, 0) is 16.0 Å². The van der Waals surface area contributed by atoms with E-state index in [-0.39, 0.29) is 70.0 Å². The Morgan fingerprint density at radius 1 is 0.706 bits per heavy atom.